The number of piperazine rings is 1. The Kier molecular flexibility index (Phi) is 16.1. The molecule has 4 aliphatic rings. The number of piperidine rings is 2. The highest BCUT2D eigenvalue weighted by Gasteiger charge is 2.30. The van der Waals surface area contributed by atoms with Gasteiger partial charge >= 0.3 is 0 Å². The van der Waals surface area contributed by atoms with Crippen LogP contribution in [0.3, 0.4) is 0 Å². The second kappa shape index (κ2) is 18.7. The van der Waals surface area contributed by atoms with Crippen molar-refractivity contribution in [1.82, 2.24) is 29.4 Å². The number of hydrogen-bond acceptors (Lipinski definition) is 6. The maximum atomic E-state index is 2.80. The van der Waals surface area contributed by atoms with Gasteiger partial charge in [0.1, 0.15) is 0 Å². The van der Waals surface area contributed by atoms with Crippen molar-refractivity contribution in [2.75, 3.05) is 85.1 Å². The molecule has 0 spiro atoms. The van der Waals surface area contributed by atoms with Gasteiger partial charge in [0.15, 0.2) is 0 Å². The SMILES string of the molecule is CCC(C)N1CCCN(CC2CCN(C(C)C)CC2)CC1.CCC1CN(C(C)C)CCN1CC1CCN(C(C)C)CC1. The molecule has 2 atom stereocenters. The molecule has 0 N–H and O–H groups in total. The van der Waals surface area contributed by atoms with E-state index in [4.69, 9.17) is 0 Å². The van der Waals surface area contributed by atoms with Crippen molar-refractivity contribution in [3.8, 4) is 0 Å². The van der Waals surface area contributed by atoms with Crippen molar-refractivity contribution in [3.63, 3.8) is 0 Å². The van der Waals surface area contributed by atoms with Gasteiger partial charge < -0.3 is 14.7 Å². The summed E-state index contributed by atoms with van der Waals surface area (Å²) in [7, 11) is 0. The molecule has 0 aromatic heterocycles. The molecule has 42 heavy (non-hydrogen) atoms. The van der Waals surface area contributed by atoms with Crippen LogP contribution in [-0.4, -0.2) is 145 Å². The van der Waals surface area contributed by atoms with Gasteiger partial charge in [-0.05, 0) is 145 Å². The van der Waals surface area contributed by atoms with Crippen LogP contribution in [0, 0.1) is 11.8 Å². The van der Waals surface area contributed by atoms with E-state index < -0.39 is 0 Å². The summed E-state index contributed by atoms with van der Waals surface area (Å²) in [5, 5.41) is 0. The average Bonchev–Trinajstić information content (AvgIpc) is 3.23. The maximum absolute atomic E-state index is 2.80. The molecule has 0 saturated carbocycles. The molecule has 4 heterocycles. The second-order valence-corrected chi connectivity index (χ2v) is 15.2. The number of rotatable bonds is 10. The summed E-state index contributed by atoms with van der Waals surface area (Å²) in [6.07, 6.45) is 9.56. The molecule has 6 heteroatoms. The van der Waals surface area contributed by atoms with E-state index in [1.165, 1.54) is 130 Å². The van der Waals surface area contributed by atoms with Crippen molar-refractivity contribution in [1.29, 1.82) is 0 Å². The first-order chi connectivity index (χ1) is 20.1. The van der Waals surface area contributed by atoms with Crippen LogP contribution in [0.25, 0.3) is 0 Å². The Hall–Kier alpha value is -0.240. The monoisotopic (exact) mass is 591 g/mol. The van der Waals surface area contributed by atoms with E-state index >= 15 is 0 Å². The first-order valence-electron chi connectivity index (χ1n) is 18.5. The Morgan fingerprint density at radius 1 is 0.524 bits per heavy atom. The Balaban J connectivity index is 0.000000230. The summed E-state index contributed by atoms with van der Waals surface area (Å²) in [6, 6.07) is 3.70. The van der Waals surface area contributed by atoms with Gasteiger partial charge in [-0.15, -0.1) is 0 Å². The smallest absolute Gasteiger partial charge is 0.0221 e. The zero-order chi connectivity index (χ0) is 30.6. The minimum absolute atomic E-state index is 0.704. The fraction of sp³-hybridized carbons (Fsp3) is 1.00. The van der Waals surface area contributed by atoms with E-state index in [-0.39, 0.29) is 0 Å². The topological polar surface area (TPSA) is 19.4 Å². The summed E-state index contributed by atoms with van der Waals surface area (Å²) >= 11 is 0. The fourth-order valence-corrected chi connectivity index (χ4v) is 7.89. The first kappa shape index (κ1) is 36.2. The Morgan fingerprint density at radius 3 is 1.55 bits per heavy atom. The summed E-state index contributed by atoms with van der Waals surface area (Å²) < 4.78 is 0. The molecule has 0 radical (unpaired) electrons. The molecule has 0 aromatic carbocycles. The van der Waals surface area contributed by atoms with Crippen LogP contribution in [0.4, 0.5) is 0 Å². The van der Waals surface area contributed by atoms with Crippen LogP contribution in [0.5, 0.6) is 0 Å². The lowest BCUT2D eigenvalue weighted by Crippen LogP contribution is -2.56. The molecular weight excluding hydrogens is 516 g/mol. The lowest BCUT2D eigenvalue weighted by atomic mass is 9.94. The molecule has 4 aliphatic heterocycles. The maximum Gasteiger partial charge on any atom is 0.0221 e. The average molecular weight is 591 g/mol. The minimum atomic E-state index is 0.704. The summed E-state index contributed by atoms with van der Waals surface area (Å²) in [4.78, 5) is 16.2. The van der Waals surface area contributed by atoms with Gasteiger partial charge in [0.25, 0.3) is 0 Å². The molecule has 248 valence electrons. The van der Waals surface area contributed by atoms with Crippen LogP contribution < -0.4 is 0 Å². The van der Waals surface area contributed by atoms with Crippen molar-refractivity contribution >= 4 is 0 Å². The van der Waals surface area contributed by atoms with Crippen molar-refractivity contribution in [2.45, 2.75) is 137 Å². The normalized spacial score (nSPS) is 27.0. The van der Waals surface area contributed by atoms with E-state index in [1.54, 1.807) is 0 Å². The number of nitrogens with zero attached hydrogens (tertiary/aromatic N) is 6. The third-order valence-corrected chi connectivity index (χ3v) is 11.4. The standard InChI is InChI=1S/2C18H37N3/c1-6-18-14-20(16(4)5)11-12-21(18)13-17-7-9-19(10-8-17)15(2)3;1-5-17(4)21-10-6-9-19(13-14-21)15-18-7-11-20(12-8-18)16(2)3/h15-18H,6-14H2,1-5H3;16-18H,5-15H2,1-4H3. The molecule has 6 nitrogen and oxygen atoms in total. The van der Waals surface area contributed by atoms with Crippen molar-refractivity contribution < 1.29 is 0 Å². The van der Waals surface area contributed by atoms with Crippen LogP contribution in [0.15, 0.2) is 0 Å². The van der Waals surface area contributed by atoms with Crippen LogP contribution in [0.2, 0.25) is 0 Å². The van der Waals surface area contributed by atoms with E-state index in [9.17, 15) is 0 Å². The highest BCUT2D eigenvalue weighted by Crippen LogP contribution is 2.24. The van der Waals surface area contributed by atoms with Crippen molar-refractivity contribution in [3.05, 3.63) is 0 Å². The molecule has 4 saturated heterocycles. The highest BCUT2D eigenvalue weighted by atomic mass is 15.3. The van der Waals surface area contributed by atoms with Gasteiger partial charge in [-0.3, -0.25) is 14.7 Å². The molecule has 0 amide bonds. The predicted octanol–water partition coefficient (Wildman–Crippen LogP) is 5.82. The molecule has 4 fully saturated rings. The highest BCUT2D eigenvalue weighted by molar-refractivity contribution is 4.86. The lowest BCUT2D eigenvalue weighted by Gasteiger charge is -2.45. The van der Waals surface area contributed by atoms with E-state index in [0.717, 1.165) is 36.0 Å². The molecule has 0 aliphatic carbocycles. The number of hydrogen-bond donors (Lipinski definition) is 0. The Labute approximate surface area is 263 Å². The Morgan fingerprint density at radius 2 is 1.05 bits per heavy atom. The van der Waals surface area contributed by atoms with Gasteiger partial charge in [-0.25, -0.2) is 0 Å². The van der Waals surface area contributed by atoms with Crippen LogP contribution in [-0.2, 0) is 0 Å². The predicted molar refractivity (Wildman–Crippen MR) is 184 cm³/mol. The quantitative estimate of drug-likeness (QED) is 0.317. The lowest BCUT2D eigenvalue weighted by molar-refractivity contribution is 0.0325. The second-order valence-electron chi connectivity index (χ2n) is 15.2. The third kappa shape index (κ3) is 11.6. The van der Waals surface area contributed by atoms with Crippen molar-refractivity contribution in [2.24, 2.45) is 11.8 Å². The van der Waals surface area contributed by atoms with Gasteiger partial charge in [0, 0.05) is 76.0 Å². The van der Waals surface area contributed by atoms with E-state index in [2.05, 4.69) is 91.7 Å². The molecule has 0 aromatic rings. The van der Waals surface area contributed by atoms with Gasteiger partial charge in [-0.1, -0.05) is 13.8 Å². The fourth-order valence-electron chi connectivity index (χ4n) is 7.89. The molecule has 4 rings (SSSR count). The number of likely N-dealkylation sites (tertiary alicyclic amines) is 2. The first-order valence-corrected chi connectivity index (χ1v) is 18.5. The minimum Gasteiger partial charge on any atom is -0.302 e. The zero-order valence-corrected chi connectivity index (χ0v) is 29.9. The summed E-state index contributed by atoms with van der Waals surface area (Å²) in [5.41, 5.74) is 0. The van der Waals surface area contributed by atoms with E-state index in [0.29, 0.717) is 6.04 Å². The van der Waals surface area contributed by atoms with Gasteiger partial charge in [0.2, 0.25) is 0 Å². The van der Waals surface area contributed by atoms with Gasteiger partial charge in [-0.2, -0.15) is 0 Å². The summed E-state index contributed by atoms with van der Waals surface area (Å²) in [6.45, 7) is 38.0. The van der Waals surface area contributed by atoms with Crippen LogP contribution in [0.1, 0.15) is 107 Å². The van der Waals surface area contributed by atoms with Crippen LogP contribution >= 0.6 is 0 Å². The Bertz CT molecular complexity index is 697. The molecular formula is C36H74N6. The van der Waals surface area contributed by atoms with E-state index in [1.807, 2.05) is 0 Å². The summed E-state index contributed by atoms with van der Waals surface area (Å²) in [5.74, 6) is 1.87. The molecule has 2 unspecified atom stereocenters. The van der Waals surface area contributed by atoms with Gasteiger partial charge in [0.05, 0.1) is 0 Å². The largest absolute Gasteiger partial charge is 0.302 e. The molecule has 0 bridgehead atoms. The zero-order valence-electron chi connectivity index (χ0n) is 29.9. The third-order valence-electron chi connectivity index (χ3n) is 11.4.